The van der Waals surface area contributed by atoms with E-state index in [1.807, 2.05) is 48.5 Å². The van der Waals surface area contributed by atoms with Gasteiger partial charge >= 0.3 is 11.6 Å². The Morgan fingerprint density at radius 3 is 2.32 bits per heavy atom. The highest BCUT2D eigenvalue weighted by Gasteiger charge is 2.24. The van der Waals surface area contributed by atoms with Crippen LogP contribution in [-0.2, 0) is 16.0 Å². The van der Waals surface area contributed by atoms with Gasteiger partial charge in [-0.15, -0.1) is 0 Å². The Labute approximate surface area is 195 Å². The highest BCUT2D eigenvalue weighted by Crippen LogP contribution is 2.29. The van der Waals surface area contributed by atoms with E-state index in [1.165, 1.54) is 13.0 Å². The SMILES string of the molecule is CC(Oc1ccc2c(-c3ccccc3)cc(=O)oc2c1)C(=O)NC(Cc1ccccc1)C(=O)O. The number of aliphatic carboxylic acids is 1. The van der Waals surface area contributed by atoms with Crippen LogP contribution in [0.1, 0.15) is 12.5 Å². The van der Waals surface area contributed by atoms with Crippen LogP contribution in [-0.4, -0.2) is 29.1 Å². The zero-order valence-corrected chi connectivity index (χ0v) is 18.4. The van der Waals surface area contributed by atoms with Gasteiger partial charge in [-0.1, -0.05) is 60.7 Å². The van der Waals surface area contributed by atoms with Crippen LogP contribution in [0, 0.1) is 0 Å². The van der Waals surface area contributed by atoms with Gasteiger partial charge in [0.2, 0.25) is 0 Å². The lowest BCUT2D eigenvalue weighted by molar-refractivity contribution is -0.142. The van der Waals surface area contributed by atoms with Gasteiger partial charge in [0.1, 0.15) is 17.4 Å². The zero-order valence-electron chi connectivity index (χ0n) is 18.4. The molecule has 0 aliphatic carbocycles. The van der Waals surface area contributed by atoms with Crippen molar-refractivity contribution in [1.29, 1.82) is 0 Å². The minimum Gasteiger partial charge on any atom is -0.481 e. The standard InChI is InChI=1S/C27H23NO6/c1-17(26(30)28-23(27(31)32)14-18-8-4-2-5-9-18)33-20-12-13-21-22(19-10-6-3-7-11-19)16-25(29)34-24(21)15-20/h2-13,15-17,23H,14H2,1H3,(H,28,30)(H,31,32). The topological polar surface area (TPSA) is 106 Å². The van der Waals surface area contributed by atoms with Crippen molar-refractivity contribution in [1.82, 2.24) is 5.32 Å². The third-order valence-electron chi connectivity index (χ3n) is 5.38. The van der Waals surface area contributed by atoms with Gasteiger partial charge in [-0.25, -0.2) is 9.59 Å². The van der Waals surface area contributed by atoms with E-state index < -0.39 is 29.6 Å². The monoisotopic (exact) mass is 457 g/mol. The largest absolute Gasteiger partial charge is 0.481 e. The molecule has 4 aromatic rings. The van der Waals surface area contributed by atoms with E-state index in [0.29, 0.717) is 11.3 Å². The summed E-state index contributed by atoms with van der Waals surface area (Å²) in [6, 6.07) is 23.8. The highest BCUT2D eigenvalue weighted by molar-refractivity contribution is 5.94. The van der Waals surface area contributed by atoms with Crippen LogP contribution >= 0.6 is 0 Å². The molecule has 2 N–H and O–H groups in total. The third-order valence-corrected chi connectivity index (χ3v) is 5.38. The first-order valence-corrected chi connectivity index (χ1v) is 10.8. The van der Waals surface area contributed by atoms with Crippen molar-refractivity contribution in [3.8, 4) is 16.9 Å². The number of amides is 1. The molecule has 0 fully saturated rings. The number of carboxylic acid groups (broad SMARTS) is 1. The van der Waals surface area contributed by atoms with Crippen molar-refractivity contribution < 1.29 is 23.8 Å². The smallest absolute Gasteiger partial charge is 0.336 e. The number of carbonyl (C=O) groups is 2. The van der Waals surface area contributed by atoms with E-state index in [1.54, 1.807) is 30.3 Å². The normalized spacial score (nSPS) is 12.6. The molecule has 1 amide bonds. The van der Waals surface area contributed by atoms with Crippen molar-refractivity contribution in [3.05, 3.63) is 101 Å². The first kappa shape index (κ1) is 22.8. The van der Waals surface area contributed by atoms with Crippen LogP contribution in [0.4, 0.5) is 0 Å². The summed E-state index contributed by atoms with van der Waals surface area (Å²) in [5, 5.41) is 12.8. The summed E-state index contributed by atoms with van der Waals surface area (Å²) in [7, 11) is 0. The number of hydrogen-bond acceptors (Lipinski definition) is 5. The maximum atomic E-state index is 12.6. The number of carbonyl (C=O) groups excluding carboxylic acids is 1. The molecule has 0 saturated carbocycles. The Morgan fingerprint density at radius 1 is 0.971 bits per heavy atom. The second-order valence-electron chi connectivity index (χ2n) is 7.85. The maximum absolute atomic E-state index is 12.6. The van der Waals surface area contributed by atoms with Crippen LogP contribution in [0.3, 0.4) is 0 Å². The molecule has 7 nitrogen and oxygen atoms in total. The molecule has 1 aromatic heterocycles. The van der Waals surface area contributed by atoms with Crippen molar-refractivity contribution in [2.24, 2.45) is 0 Å². The van der Waals surface area contributed by atoms with Crippen LogP contribution in [0.2, 0.25) is 0 Å². The number of carboxylic acids is 1. The Bertz CT molecular complexity index is 1360. The lowest BCUT2D eigenvalue weighted by Crippen LogP contribution is -2.47. The fourth-order valence-corrected chi connectivity index (χ4v) is 3.67. The Balaban J connectivity index is 1.51. The van der Waals surface area contributed by atoms with Gasteiger partial charge in [-0.05, 0) is 35.7 Å². The molecule has 1 heterocycles. The summed E-state index contributed by atoms with van der Waals surface area (Å²) >= 11 is 0. The van der Waals surface area contributed by atoms with E-state index >= 15 is 0 Å². The summed E-state index contributed by atoms with van der Waals surface area (Å²) in [6.07, 6.45) is -0.822. The maximum Gasteiger partial charge on any atom is 0.336 e. The first-order chi connectivity index (χ1) is 16.4. The fraction of sp³-hybridized carbons (Fsp3) is 0.148. The molecule has 0 radical (unpaired) electrons. The number of rotatable bonds is 8. The minimum absolute atomic E-state index is 0.151. The summed E-state index contributed by atoms with van der Waals surface area (Å²) < 4.78 is 11.1. The molecular formula is C27H23NO6. The van der Waals surface area contributed by atoms with Crippen LogP contribution in [0.5, 0.6) is 5.75 Å². The summed E-state index contributed by atoms with van der Waals surface area (Å²) in [5.41, 5.74) is 2.22. The van der Waals surface area contributed by atoms with Crippen LogP contribution in [0.25, 0.3) is 22.1 Å². The number of benzene rings is 3. The highest BCUT2D eigenvalue weighted by atomic mass is 16.5. The van der Waals surface area contributed by atoms with Crippen molar-refractivity contribution >= 4 is 22.8 Å². The van der Waals surface area contributed by atoms with E-state index in [0.717, 1.165) is 22.1 Å². The quantitative estimate of drug-likeness (QED) is 0.387. The third kappa shape index (κ3) is 5.32. The minimum atomic E-state index is -1.13. The Hall–Kier alpha value is -4.39. The van der Waals surface area contributed by atoms with Gasteiger partial charge in [-0.3, -0.25) is 4.79 Å². The van der Waals surface area contributed by atoms with Gasteiger partial charge < -0.3 is 19.6 Å². The van der Waals surface area contributed by atoms with Crippen molar-refractivity contribution in [2.45, 2.75) is 25.5 Å². The average Bonchev–Trinajstić information content (AvgIpc) is 2.84. The predicted octanol–water partition coefficient (Wildman–Crippen LogP) is 4.04. The van der Waals surface area contributed by atoms with E-state index in [9.17, 15) is 19.5 Å². The van der Waals surface area contributed by atoms with Gasteiger partial charge in [0, 0.05) is 23.9 Å². The fourth-order valence-electron chi connectivity index (χ4n) is 3.67. The predicted molar refractivity (Wildman–Crippen MR) is 128 cm³/mol. The molecule has 4 rings (SSSR count). The molecule has 34 heavy (non-hydrogen) atoms. The number of ether oxygens (including phenoxy) is 1. The summed E-state index contributed by atoms with van der Waals surface area (Å²) in [6.45, 7) is 1.53. The molecule has 0 bridgehead atoms. The van der Waals surface area contributed by atoms with Gasteiger partial charge in [0.25, 0.3) is 5.91 Å². The molecule has 172 valence electrons. The molecule has 0 aliphatic heterocycles. The molecule has 0 aliphatic rings. The lowest BCUT2D eigenvalue weighted by Gasteiger charge is -2.19. The average molecular weight is 457 g/mol. The van der Waals surface area contributed by atoms with Crippen molar-refractivity contribution in [2.75, 3.05) is 0 Å². The van der Waals surface area contributed by atoms with E-state index in [2.05, 4.69) is 5.32 Å². The Morgan fingerprint density at radius 2 is 1.65 bits per heavy atom. The number of hydrogen-bond donors (Lipinski definition) is 2. The summed E-state index contributed by atoms with van der Waals surface area (Å²) in [4.78, 5) is 36.4. The molecule has 7 heteroatoms. The second kappa shape index (κ2) is 10.0. The molecule has 3 aromatic carbocycles. The summed E-state index contributed by atoms with van der Waals surface area (Å²) in [5.74, 6) is -1.38. The number of nitrogens with one attached hydrogen (secondary N) is 1. The van der Waals surface area contributed by atoms with Gasteiger partial charge in [0.15, 0.2) is 6.10 Å². The second-order valence-corrected chi connectivity index (χ2v) is 7.85. The lowest BCUT2D eigenvalue weighted by atomic mass is 10.0. The van der Waals surface area contributed by atoms with Crippen molar-refractivity contribution in [3.63, 3.8) is 0 Å². The Kier molecular flexibility index (Phi) is 6.73. The number of fused-ring (bicyclic) bond motifs is 1. The molecule has 0 saturated heterocycles. The van der Waals surface area contributed by atoms with Crippen LogP contribution in [0.15, 0.2) is 94.1 Å². The molecule has 2 atom stereocenters. The molecule has 2 unspecified atom stereocenters. The van der Waals surface area contributed by atoms with E-state index in [-0.39, 0.29) is 6.42 Å². The molecular weight excluding hydrogens is 434 g/mol. The van der Waals surface area contributed by atoms with Gasteiger partial charge in [0.05, 0.1) is 0 Å². The first-order valence-electron chi connectivity index (χ1n) is 10.8. The van der Waals surface area contributed by atoms with E-state index in [4.69, 9.17) is 9.15 Å². The molecule has 0 spiro atoms. The van der Waals surface area contributed by atoms with Crippen LogP contribution < -0.4 is 15.7 Å². The zero-order chi connectivity index (χ0) is 24.1. The van der Waals surface area contributed by atoms with Gasteiger partial charge in [-0.2, -0.15) is 0 Å².